The molecule has 2 amide bonds. The van der Waals surface area contributed by atoms with Crippen LogP contribution in [-0.2, 0) is 9.59 Å². The highest BCUT2D eigenvalue weighted by Crippen LogP contribution is 2.22. The second-order valence-corrected chi connectivity index (χ2v) is 5.18. The predicted octanol–water partition coefficient (Wildman–Crippen LogP) is 1.28. The topological polar surface area (TPSA) is 52.7 Å². The van der Waals surface area contributed by atoms with Gasteiger partial charge in [-0.3, -0.25) is 9.59 Å². The molecule has 1 rings (SSSR count). The van der Waals surface area contributed by atoms with Crippen molar-refractivity contribution in [3.63, 3.8) is 0 Å². The Balaban J connectivity index is 0.00000441. The lowest BCUT2D eigenvalue weighted by Gasteiger charge is -2.35. The van der Waals surface area contributed by atoms with Crippen molar-refractivity contribution in [3.05, 3.63) is 0 Å². The number of amides is 2. The molecule has 0 aromatic heterocycles. The summed E-state index contributed by atoms with van der Waals surface area (Å²) in [5, 5.41) is 2.74. The van der Waals surface area contributed by atoms with E-state index in [4.69, 9.17) is 0 Å². The number of carbonyl (C=O) groups is 2. The van der Waals surface area contributed by atoms with Gasteiger partial charge in [0.05, 0.1) is 12.5 Å². The van der Waals surface area contributed by atoms with Gasteiger partial charge in [0.1, 0.15) is 6.54 Å². The van der Waals surface area contributed by atoms with Crippen LogP contribution < -0.4 is 5.32 Å². The fourth-order valence-corrected chi connectivity index (χ4v) is 2.49. The van der Waals surface area contributed by atoms with Gasteiger partial charge in [0.2, 0.25) is 11.8 Å². The molecular weight excluding hydrogens is 323 g/mol. The van der Waals surface area contributed by atoms with Crippen LogP contribution in [0.25, 0.3) is 0 Å². The van der Waals surface area contributed by atoms with Gasteiger partial charge in [0.15, 0.2) is 0 Å². The first-order valence-corrected chi connectivity index (χ1v) is 7.06. The summed E-state index contributed by atoms with van der Waals surface area (Å²) in [6.45, 7) is 1.23. The molecule has 1 saturated heterocycles. The molecule has 9 heteroatoms. The first-order valence-electron chi connectivity index (χ1n) is 7.06. The molecule has 0 spiro atoms. The van der Waals surface area contributed by atoms with Gasteiger partial charge in [-0.15, -0.1) is 12.4 Å². The lowest BCUT2D eigenvalue weighted by atomic mass is 9.96. The van der Waals surface area contributed by atoms with Gasteiger partial charge in [0.25, 0.3) is 0 Å². The molecule has 0 aromatic rings. The largest absolute Gasteiger partial charge is 0.406 e. The Morgan fingerprint density at radius 2 is 2.00 bits per heavy atom. The van der Waals surface area contributed by atoms with E-state index in [0.717, 1.165) is 4.90 Å². The first-order chi connectivity index (χ1) is 9.78. The quantitative estimate of drug-likeness (QED) is 0.816. The van der Waals surface area contributed by atoms with Crippen molar-refractivity contribution in [1.29, 1.82) is 0 Å². The van der Waals surface area contributed by atoms with E-state index in [1.807, 2.05) is 0 Å². The molecule has 130 valence electrons. The number of halogens is 4. The molecule has 1 aliphatic rings. The SMILES string of the molecule is CCN(CC(F)(F)F)C(=O)C1CCCN(C(=O)CNC)C1.Cl. The van der Waals surface area contributed by atoms with E-state index in [1.54, 1.807) is 11.9 Å². The van der Waals surface area contributed by atoms with Crippen molar-refractivity contribution >= 4 is 24.2 Å². The maximum atomic E-state index is 12.5. The molecule has 1 aliphatic heterocycles. The van der Waals surface area contributed by atoms with Crippen LogP contribution in [0.1, 0.15) is 19.8 Å². The van der Waals surface area contributed by atoms with Gasteiger partial charge in [-0.05, 0) is 26.8 Å². The summed E-state index contributed by atoms with van der Waals surface area (Å²) in [7, 11) is 1.65. The molecule has 1 unspecified atom stereocenters. The summed E-state index contributed by atoms with van der Waals surface area (Å²) in [5.74, 6) is -1.19. The van der Waals surface area contributed by atoms with Gasteiger partial charge in [0, 0.05) is 19.6 Å². The van der Waals surface area contributed by atoms with Gasteiger partial charge < -0.3 is 15.1 Å². The number of piperidine rings is 1. The first kappa shape index (κ1) is 21.0. The highest BCUT2D eigenvalue weighted by Gasteiger charge is 2.36. The Morgan fingerprint density at radius 1 is 1.36 bits per heavy atom. The van der Waals surface area contributed by atoms with Crippen LogP contribution in [0.15, 0.2) is 0 Å². The summed E-state index contributed by atoms with van der Waals surface area (Å²) >= 11 is 0. The van der Waals surface area contributed by atoms with Crippen molar-refractivity contribution in [2.24, 2.45) is 5.92 Å². The molecular formula is C13H23ClF3N3O2. The van der Waals surface area contributed by atoms with Crippen molar-refractivity contribution in [3.8, 4) is 0 Å². The average molecular weight is 346 g/mol. The number of likely N-dealkylation sites (N-methyl/N-ethyl adjacent to an activating group) is 1. The van der Waals surface area contributed by atoms with E-state index in [-0.39, 0.29) is 37.9 Å². The Labute approximate surface area is 134 Å². The summed E-state index contributed by atoms with van der Waals surface area (Å²) < 4.78 is 37.4. The minimum atomic E-state index is -4.40. The summed E-state index contributed by atoms with van der Waals surface area (Å²) in [6.07, 6.45) is -3.24. The van der Waals surface area contributed by atoms with Crippen LogP contribution in [0.4, 0.5) is 13.2 Å². The summed E-state index contributed by atoms with van der Waals surface area (Å²) in [6, 6.07) is 0. The van der Waals surface area contributed by atoms with Crippen LogP contribution in [0.2, 0.25) is 0 Å². The highest BCUT2D eigenvalue weighted by molar-refractivity contribution is 5.85. The third-order valence-corrected chi connectivity index (χ3v) is 3.51. The van der Waals surface area contributed by atoms with E-state index in [1.165, 1.54) is 6.92 Å². The third kappa shape index (κ3) is 6.39. The lowest BCUT2D eigenvalue weighted by molar-refractivity contribution is -0.164. The molecule has 0 bridgehead atoms. The fraction of sp³-hybridized carbons (Fsp3) is 0.846. The minimum absolute atomic E-state index is 0. The van der Waals surface area contributed by atoms with E-state index >= 15 is 0 Å². The van der Waals surface area contributed by atoms with Crippen molar-refractivity contribution in [1.82, 2.24) is 15.1 Å². The van der Waals surface area contributed by atoms with Crippen LogP contribution in [0.3, 0.4) is 0 Å². The number of likely N-dealkylation sites (tertiary alicyclic amines) is 1. The highest BCUT2D eigenvalue weighted by atomic mass is 35.5. The van der Waals surface area contributed by atoms with E-state index < -0.39 is 24.5 Å². The number of nitrogens with zero attached hydrogens (tertiary/aromatic N) is 2. The standard InChI is InChI=1S/C13H22F3N3O2.ClH/c1-3-18(9-13(14,15)16)12(21)10-5-4-6-19(8-10)11(20)7-17-2;/h10,17H,3-9H2,1-2H3;1H. The van der Waals surface area contributed by atoms with Gasteiger partial charge >= 0.3 is 6.18 Å². The molecule has 0 radical (unpaired) electrons. The summed E-state index contributed by atoms with van der Waals surface area (Å²) in [5.41, 5.74) is 0. The van der Waals surface area contributed by atoms with Gasteiger partial charge in [-0.2, -0.15) is 13.2 Å². The number of hydrogen-bond acceptors (Lipinski definition) is 3. The average Bonchev–Trinajstić information content (AvgIpc) is 2.43. The molecule has 1 fully saturated rings. The van der Waals surface area contributed by atoms with Crippen LogP contribution in [0.5, 0.6) is 0 Å². The Kier molecular flexibility index (Phi) is 8.77. The fourth-order valence-electron chi connectivity index (χ4n) is 2.49. The Bertz CT molecular complexity index is 380. The summed E-state index contributed by atoms with van der Waals surface area (Å²) in [4.78, 5) is 26.4. The molecule has 1 N–H and O–H groups in total. The monoisotopic (exact) mass is 345 g/mol. The zero-order chi connectivity index (χ0) is 16.0. The number of carbonyl (C=O) groups excluding carboxylic acids is 2. The van der Waals surface area contributed by atoms with E-state index in [0.29, 0.717) is 19.4 Å². The zero-order valence-electron chi connectivity index (χ0n) is 12.8. The molecule has 0 saturated carbocycles. The number of hydrogen-bond donors (Lipinski definition) is 1. The normalized spacial score (nSPS) is 18.6. The molecule has 1 heterocycles. The molecule has 0 aromatic carbocycles. The van der Waals surface area contributed by atoms with E-state index in [9.17, 15) is 22.8 Å². The Morgan fingerprint density at radius 3 is 2.50 bits per heavy atom. The smallest absolute Gasteiger partial charge is 0.341 e. The Hall–Kier alpha value is -1.02. The third-order valence-electron chi connectivity index (χ3n) is 3.51. The molecule has 1 atom stereocenters. The predicted molar refractivity (Wildman–Crippen MR) is 78.8 cm³/mol. The van der Waals surface area contributed by atoms with Crippen LogP contribution >= 0.6 is 12.4 Å². The maximum Gasteiger partial charge on any atom is 0.406 e. The number of rotatable bonds is 5. The number of nitrogens with one attached hydrogen (secondary N) is 1. The van der Waals surface area contributed by atoms with Crippen molar-refractivity contribution in [2.45, 2.75) is 25.9 Å². The van der Waals surface area contributed by atoms with Crippen molar-refractivity contribution in [2.75, 3.05) is 39.8 Å². The second kappa shape index (κ2) is 9.19. The van der Waals surface area contributed by atoms with Gasteiger partial charge in [-0.1, -0.05) is 0 Å². The van der Waals surface area contributed by atoms with E-state index in [2.05, 4.69) is 5.32 Å². The van der Waals surface area contributed by atoms with Crippen LogP contribution in [-0.4, -0.2) is 67.6 Å². The lowest BCUT2D eigenvalue weighted by Crippen LogP contribution is -2.49. The minimum Gasteiger partial charge on any atom is -0.341 e. The molecule has 22 heavy (non-hydrogen) atoms. The maximum absolute atomic E-state index is 12.5. The van der Waals surface area contributed by atoms with Crippen molar-refractivity contribution < 1.29 is 22.8 Å². The number of alkyl halides is 3. The zero-order valence-corrected chi connectivity index (χ0v) is 13.6. The van der Waals surface area contributed by atoms with Crippen LogP contribution in [0, 0.1) is 5.92 Å². The molecule has 5 nitrogen and oxygen atoms in total. The second-order valence-electron chi connectivity index (χ2n) is 5.18. The van der Waals surface area contributed by atoms with Gasteiger partial charge in [-0.25, -0.2) is 0 Å². The molecule has 0 aliphatic carbocycles.